The normalized spacial score (nSPS) is 13.9. The van der Waals surface area contributed by atoms with Gasteiger partial charge in [0.15, 0.2) is 0 Å². The van der Waals surface area contributed by atoms with Crippen molar-refractivity contribution in [3.63, 3.8) is 0 Å². The molecule has 3 aromatic carbocycles. The fraction of sp³-hybridized carbons (Fsp3) is 0.515. The molecule has 1 aliphatic rings. The van der Waals surface area contributed by atoms with Gasteiger partial charge in [0.2, 0.25) is 0 Å². The van der Waals surface area contributed by atoms with Gasteiger partial charge in [0.1, 0.15) is 0 Å². The third kappa shape index (κ3) is 5.21. The highest BCUT2D eigenvalue weighted by Crippen LogP contribution is 2.55. The summed E-state index contributed by atoms with van der Waals surface area (Å²) < 4.78 is 0. The van der Waals surface area contributed by atoms with Crippen LogP contribution >= 0.6 is 0 Å². The van der Waals surface area contributed by atoms with Crippen molar-refractivity contribution in [2.45, 2.75) is 109 Å². The summed E-state index contributed by atoms with van der Waals surface area (Å²) in [4.78, 5) is 0. The average Bonchev–Trinajstić information content (AvgIpc) is 3.14. The Morgan fingerprint density at radius 3 is 1.79 bits per heavy atom. The van der Waals surface area contributed by atoms with E-state index in [1.54, 1.807) is 11.1 Å². The molecule has 0 heterocycles. The van der Waals surface area contributed by atoms with Crippen LogP contribution in [0.5, 0.6) is 0 Å². The zero-order valence-corrected chi connectivity index (χ0v) is 21.2. The standard InChI is InChI=1S/C33H44/c1-3-5-7-9-11-17-25-33(26-18-12-10-8-6-4-2)30-22-16-15-21-29(30)32-28-20-14-13-19-27(28)23-24-31(32)33/h13-16,19-24H,3-12,17-18,25-26H2,1-2H3. The Labute approximate surface area is 202 Å². The van der Waals surface area contributed by atoms with E-state index in [-0.39, 0.29) is 5.41 Å². The Bertz CT molecular complexity index is 995. The molecule has 1 aliphatic carbocycles. The highest BCUT2D eigenvalue weighted by Gasteiger charge is 2.42. The summed E-state index contributed by atoms with van der Waals surface area (Å²) in [6.45, 7) is 4.62. The number of rotatable bonds is 14. The Hall–Kier alpha value is -2.08. The molecular formula is C33H44. The number of hydrogen-bond acceptors (Lipinski definition) is 0. The van der Waals surface area contributed by atoms with E-state index in [1.165, 1.54) is 112 Å². The third-order valence-corrected chi connectivity index (χ3v) is 8.07. The quantitative estimate of drug-likeness (QED) is 0.219. The lowest BCUT2D eigenvalue weighted by Crippen LogP contribution is -2.25. The van der Waals surface area contributed by atoms with Crippen molar-refractivity contribution in [3.05, 3.63) is 71.8 Å². The van der Waals surface area contributed by atoms with Crippen LogP contribution in [0.1, 0.15) is 115 Å². The second-order valence-corrected chi connectivity index (χ2v) is 10.4. The lowest BCUT2D eigenvalue weighted by Gasteiger charge is -2.33. The van der Waals surface area contributed by atoms with Crippen molar-refractivity contribution in [2.75, 3.05) is 0 Å². The number of fused-ring (bicyclic) bond motifs is 5. The number of unbranched alkanes of at least 4 members (excludes halogenated alkanes) is 10. The van der Waals surface area contributed by atoms with Crippen molar-refractivity contribution in [3.8, 4) is 11.1 Å². The molecule has 0 radical (unpaired) electrons. The zero-order chi connectivity index (χ0) is 22.9. The molecule has 0 aliphatic heterocycles. The molecule has 4 rings (SSSR count). The van der Waals surface area contributed by atoms with Gasteiger partial charge in [-0.05, 0) is 45.9 Å². The maximum Gasteiger partial charge on any atom is 0.0215 e. The second kappa shape index (κ2) is 11.9. The first-order chi connectivity index (χ1) is 16.3. The maximum atomic E-state index is 2.49. The first kappa shape index (κ1) is 24.1. The molecule has 0 amide bonds. The van der Waals surface area contributed by atoms with Gasteiger partial charge in [-0.3, -0.25) is 0 Å². The topological polar surface area (TPSA) is 0 Å². The summed E-state index contributed by atoms with van der Waals surface area (Å²) in [5.41, 5.74) is 6.45. The summed E-state index contributed by atoms with van der Waals surface area (Å²) in [7, 11) is 0. The van der Waals surface area contributed by atoms with E-state index in [4.69, 9.17) is 0 Å². The van der Waals surface area contributed by atoms with E-state index in [1.807, 2.05) is 0 Å². The maximum absolute atomic E-state index is 2.49. The van der Waals surface area contributed by atoms with Gasteiger partial charge in [-0.25, -0.2) is 0 Å². The van der Waals surface area contributed by atoms with Gasteiger partial charge in [-0.1, -0.05) is 152 Å². The number of benzene rings is 3. The fourth-order valence-electron chi connectivity index (χ4n) is 6.30. The van der Waals surface area contributed by atoms with Crippen molar-refractivity contribution < 1.29 is 0 Å². The highest BCUT2D eigenvalue weighted by atomic mass is 14.4. The first-order valence-electron chi connectivity index (χ1n) is 13.9. The lowest BCUT2D eigenvalue weighted by molar-refractivity contribution is 0.398. The molecule has 0 N–H and O–H groups in total. The van der Waals surface area contributed by atoms with E-state index in [2.05, 4.69) is 74.5 Å². The Morgan fingerprint density at radius 1 is 0.515 bits per heavy atom. The van der Waals surface area contributed by atoms with Gasteiger partial charge in [-0.2, -0.15) is 0 Å². The molecule has 0 atom stereocenters. The van der Waals surface area contributed by atoms with Crippen LogP contribution in [0.3, 0.4) is 0 Å². The molecule has 0 saturated carbocycles. The molecule has 0 unspecified atom stereocenters. The molecule has 0 bridgehead atoms. The van der Waals surface area contributed by atoms with E-state index < -0.39 is 0 Å². The summed E-state index contributed by atoms with van der Waals surface area (Å²) in [6.07, 6.45) is 19.1. The van der Waals surface area contributed by atoms with E-state index in [0.29, 0.717) is 0 Å². The molecule has 0 aromatic heterocycles. The average molecular weight is 441 g/mol. The van der Waals surface area contributed by atoms with Gasteiger partial charge in [-0.15, -0.1) is 0 Å². The smallest absolute Gasteiger partial charge is 0.0215 e. The summed E-state index contributed by atoms with van der Waals surface area (Å²) >= 11 is 0. The van der Waals surface area contributed by atoms with Crippen LogP contribution in [0.25, 0.3) is 21.9 Å². The predicted molar refractivity (Wildman–Crippen MR) is 146 cm³/mol. The van der Waals surface area contributed by atoms with Crippen LogP contribution in [0.15, 0.2) is 60.7 Å². The summed E-state index contributed by atoms with van der Waals surface area (Å²) in [5.74, 6) is 0. The van der Waals surface area contributed by atoms with Gasteiger partial charge in [0, 0.05) is 5.41 Å². The summed E-state index contributed by atoms with van der Waals surface area (Å²) in [5, 5.41) is 2.82. The van der Waals surface area contributed by atoms with Crippen LogP contribution in [-0.2, 0) is 5.41 Å². The van der Waals surface area contributed by atoms with Gasteiger partial charge < -0.3 is 0 Å². The Morgan fingerprint density at radius 2 is 1.09 bits per heavy atom. The fourth-order valence-corrected chi connectivity index (χ4v) is 6.30. The van der Waals surface area contributed by atoms with Crippen LogP contribution in [0.4, 0.5) is 0 Å². The Balaban J connectivity index is 1.65. The van der Waals surface area contributed by atoms with E-state index in [0.717, 1.165) is 0 Å². The third-order valence-electron chi connectivity index (χ3n) is 8.07. The second-order valence-electron chi connectivity index (χ2n) is 10.4. The van der Waals surface area contributed by atoms with E-state index >= 15 is 0 Å². The molecule has 0 saturated heterocycles. The molecule has 33 heavy (non-hydrogen) atoms. The Kier molecular flexibility index (Phi) is 8.65. The molecule has 176 valence electrons. The zero-order valence-electron chi connectivity index (χ0n) is 21.2. The van der Waals surface area contributed by atoms with Crippen LogP contribution in [-0.4, -0.2) is 0 Å². The van der Waals surface area contributed by atoms with Gasteiger partial charge in [0.05, 0.1) is 0 Å². The van der Waals surface area contributed by atoms with Crippen molar-refractivity contribution in [1.82, 2.24) is 0 Å². The minimum atomic E-state index is 0.200. The summed E-state index contributed by atoms with van der Waals surface area (Å²) in [6, 6.07) is 23.3. The van der Waals surface area contributed by atoms with E-state index in [9.17, 15) is 0 Å². The number of hydrogen-bond donors (Lipinski definition) is 0. The lowest BCUT2D eigenvalue weighted by atomic mass is 9.70. The largest absolute Gasteiger partial charge is 0.0654 e. The van der Waals surface area contributed by atoms with Crippen LogP contribution in [0.2, 0.25) is 0 Å². The minimum absolute atomic E-state index is 0.200. The van der Waals surface area contributed by atoms with Gasteiger partial charge >= 0.3 is 0 Å². The minimum Gasteiger partial charge on any atom is -0.0654 e. The monoisotopic (exact) mass is 440 g/mol. The molecular weight excluding hydrogens is 396 g/mol. The molecule has 3 aromatic rings. The van der Waals surface area contributed by atoms with Gasteiger partial charge in [0.25, 0.3) is 0 Å². The van der Waals surface area contributed by atoms with Crippen LogP contribution < -0.4 is 0 Å². The molecule has 0 fully saturated rings. The van der Waals surface area contributed by atoms with Crippen molar-refractivity contribution >= 4 is 10.8 Å². The van der Waals surface area contributed by atoms with Crippen molar-refractivity contribution in [2.24, 2.45) is 0 Å². The molecule has 0 heteroatoms. The molecule has 0 spiro atoms. The first-order valence-corrected chi connectivity index (χ1v) is 13.9. The SMILES string of the molecule is CCCCCCCCC1(CCCCCCCC)c2ccccc2-c2c1ccc1ccccc21. The predicted octanol–water partition coefficient (Wildman–Crippen LogP) is 10.6. The van der Waals surface area contributed by atoms with Crippen LogP contribution in [0, 0.1) is 0 Å². The highest BCUT2D eigenvalue weighted by molar-refractivity contribution is 6.02. The molecule has 0 nitrogen and oxygen atoms in total. The van der Waals surface area contributed by atoms with Crippen molar-refractivity contribution in [1.29, 1.82) is 0 Å².